The second-order valence-electron chi connectivity index (χ2n) is 5.58. The highest BCUT2D eigenvalue weighted by atomic mass is 16.2. The Kier molecular flexibility index (Phi) is 5.09. The summed E-state index contributed by atoms with van der Waals surface area (Å²) in [6.45, 7) is 3.65. The lowest BCUT2D eigenvalue weighted by atomic mass is 9.89. The molecule has 1 aliphatic carbocycles. The third kappa shape index (κ3) is 4.70. The Labute approximate surface area is 124 Å². The van der Waals surface area contributed by atoms with Gasteiger partial charge in [-0.2, -0.15) is 5.10 Å². The number of nitrogens with one attached hydrogen (secondary N) is 2. The maximum absolute atomic E-state index is 12.0. The number of hydrogen-bond donors (Lipinski definition) is 2. The van der Waals surface area contributed by atoms with Crippen LogP contribution in [0.5, 0.6) is 0 Å². The Morgan fingerprint density at radius 1 is 1.24 bits per heavy atom. The van der Waals surface area contributed by atoms with Crippen molar-refractivity contribution in [2.45, 2.75) is 39.5 Å². The molecule has 1 aliphatic rings. The number of nitrogens with zero attached hydrogens (tertiary/aromatic N) is 1. The lowest BCUT2D eigenvalue weighted by molar-refractivity contribution is -0.114. The molecule has 0 heterocycles. The van der Waals surface area contributed by atoms with Gasteiger partial charge in [0.2, 0.25) is 5.91 Å². The zero-order valence-corrected chi connectivity index (χ0v) is 12.5. The molecule has 0 bridgehead atoms. The first-order valence-electron chi connectivity index (χ1n) is 7.28. The number of carbonyl (C=O) groups is 2. The predicted octanol–water partition coefficient (Wildman–Crippen LogP) is 2.94. The van der Waals surface area contributed by atoms with E-state index in [1.54, 1.807) is 24.3 Å². The van der Waals surface area contributed by atoms with Crippen LogP contribution in [0.3, 0.4) is 0 Å². The fourth-order valence-corrected chi connectivity index (χ4v) is 2.47. The van der Waals surface area contributed by atoms with E-state index < -0.39 is 0 Å². The van der Waals surface area contributed by atoms with Crippen LogP contribution in [0.2, 0.25) is 0 Å². The van der Waals surface area contributed by atoms with Crippen molar-refractivity contribution >= 4 is 23.2 Å². The molecule has 0 unspecified atom stereocenters. The van der Waals surface area contributed by atoms with Crippen LogP contribution < -0.4 is 10.7 Å². The van der Waals surface area contributed by atoms with Crippen LogP contribution in [0.4, 0.5) is 5.69 Å². The Balaban J connectivity index is 1.93. The van der Waals surface area contributed by atoms with Crippen LogP contribution in [0.1, 0.15) is 49.9 Å². The van der Waals surface area contributed by atoms with Gasteiger partial charge < -0.3 is 5.32 Å². The molecule has 1 saturated carbocycles. The molecular weight excluding hydrogens is 266 g/mol. The number of hydrazone groups is 1. The third-order valence-electron chi connectivity index (χ3n) is 3.53. The van der Waals surface area contributed by atoms with E-state index in [-0.39, 0.29) is 11.8 Å². The number of carbonyl (C=O) groups excluding carboxylic acids is 2. The van der Waals surface area contributed by atoms with Crippen LogP contribution in [0, 0.1) is 5.92 Å². The summed E-state index contributed by atoms with van der Waals surface area (Å²) in [6.07, 6.45) is 4.30. The molecule has 2 N–H and O–H groups in total. The van der Waals surface area contributed by atoms with Crippen LogP contribution in [0.25, 0.3) is 0 Å². The van der Waals surface area contributed by atoms with E-state index in [2.05, 4.69) is 22.8 Å². The summed E-state index contributed by atoms with van der Waals surface area (Å²) in [4.78, 5) is 22.9. The van der Waals surface area contributed by atoms with E-state index in [0.29, 0.717) is 17.2 Å². The molecule has 0 spiro atoms. The van der Waals surface area contributed by atoms with Crippen molar-refractivity contribution in [3.05, 3.63) is 29.8 Å². The number of benzene rings is 1. The predicted molar refractivity (Wildman–Crippen MR) is 83.3 cm³/mol. The van der Waals surface area contributed by atoms with E-state index in [0.717, 1.165) is 25.0 Å². The summed E-state index contributed by atoms with van der Waals surface area (Å²) in [5, 5.41) is 6.89. The van der Waals surface area contributed by atoms with Gasteiger partial charge in [-0.3, -0.25) is 9.59 Å². The van der Waals surface area contributed by atoms with Crippen LogP contribution in [0.15, 0.2) is 29.4 Å². The molecule has 2 amide bonds. The number of anilines is 1. The monoisotopic (exact) mass is 287 g/mol. The molecule has 0 aromatic heterocycles. The van der Waals surface area contributed by atoms with Crippen molar-refractivity contribution in [2.24, 2.45) is 11.0 Å². The van der Waals surface area contributed by atoms with Gasteiger partial charge in [-0.15, -0.1) is 0 Å². The molecule has 5 nitrogen and oxygen atoms in total. The van der Waals surface area contributed by atoms with E-state index in [1.807, 2.05) is 0 Å². The zero-order chi connectivity index (χ0) is 15.2. The van der Waals surface area contributed by atoms with E-state index in [1.165, 1.54) is 13.3 Å². The van der Waals surface area contributed by atoms with Gasteiger partial charge in [0.15, 0.2) is 0 Å². The van der Waals surface area contributed by atoms with Crippen molar-refractivity contribution in [2.75, 3.05) is 5.32 Å². The van der Waals surface area contributed by atoms with Gasteiger partial charge in [-0.05, 0) is 55.9 Å². The lowest BCUT2D eigenvalue weighted by Gasteiger charge is -2.18. The highest BCUT2D eigenvalue weighted by Crippen LogP contribution is 2.21. The van der Waals surface area contributed by atoms with Gasteiger partial charge in [-0.25, -0.2) is 5.43 Å². The summed E-state index contributed by atoms with van der Waals surface area (Å²) in [7, 11) is 0. The van der Waals surface area contributed by atoms with Crippen LogP contribution >= 0.6 is 0 Å². The minimum absolute atomic E-state index is 0.134. The first-order valence-corrected chi connectivity index (χ1v) is 7.28. The van der Waals surface area contributed by atoms with Gasteiger partial charge in [0.25, 0.3) is 5.91 Å². The van der Waals surface area contributed by atoms with Gasteiger partial charge in [-0.1, -0.05) is 6.92 Å². The van der Waals surface area contributed by atoms with Gasteiger partial charge in [0.05, 0.1) is 0 Å². The second-order valence-corrected chi connectivity index (χ2v) is 5.58. The Morgan fingerprint density at radius 3 is 2.57 bits per heavy atom. The molecule has 5 heteroatoms. The summed E-state index contributed by atoms with van der Waals surface area (Å²) >= 11 is 0. The summed E-state index contributed by atoms with van der Waals surface area (Å²) in [5.41, 5.74) is 4.88. The summed E-state index contributed by atoms with van der Waals surface area (Å²) in [5.74, 6) is 0.284. The molecule has 21 heavy (non-hydrogen) atoms. The highest BCUT2D eigenvalue weighted by molar-refractivity contribution is 5.96. The molecule has 0 aliphatic heterocycles. The van der Waals surface area contributed by atoms with Crippen molar-refractivity contribution in [1.82, 2.24) is 5.43 Å². The second kappa shape index (κ2) is 7.02. The SMILES string of the molecule is CC(=O)Nc1ccc(C(=O)N/N=C2\CCC[C@H](C)C2)cc1. The quantitative estimate of drug-likeness (QED) is 0.839. The van der Waals surface area contributed by atoms with Gasteiger partial charge in [0, 0.05) is 23.9 Å². The van der Waals surface area contributed by atoms with E-state index >= 15 is 0 Å². The van der Waals surface area contributed by atoms with Crippen LogP contribution in [-0.2, 0) is 4.79 Å². The summed E-state index contributed by atoms with van der Waals surface area (Å²) < 4.78 is 0. The Bertz CT molecular complexity index is 549. The highest BCUT2D eigenvalue weighted by Gasteiger charge is 2.14. The van der Waals surface area contributed by atoms with Crippen molar-refractivity contribution < 1.29 is 9.59 Å². The Morgan fingerprint density at radius 2 is 1.95 bits per heavy atom. The first-order chi connectivity index (χ1) is 10.0. The average Bonchev–Trinajstić information content (AvgIpc) is 2.45. The number of rotatable bonds is 3. The minimum Gasteiger partial charge on any atom is -0.326 e. The summed E-state index contributed by atoms with van der Waals surface area (Å²) in [6, 6.07) is 6.74. The fourth-order valence-electron chi connectivity index (χ4n) is 2.47. The van der Waals surface area contributed by atoms with Gasteiger partial charge in [0.1, 0.15) is 0 Å². The van der Waals surface area contributed by atoms with Crippen LogP contribution in [-0.4, -0.2) is 17.5 Å². The molecule has 1 aromatic rings. The molecule has 0 saturated heterocycles. The minimum atomic E-state index is -0.227. The maximum atomic E-state index is 12.0. The fraction of sp³-hybridized carbons (Fsp3) is 0.438. The van der Waals surface area contributed by atoms with Gasteiger partial charge >= 0.3 is 0 Å². The Hall–Kier alpha value is -2.17. The first kappa shape index (κ1) is 15.2. The van der Waals surface area contributed by atoms with Crippen molar-refractivity contribution in [1.29, 1.82) is 0 Å². The van der Waals surface area contributed by atoms with Crippen molar-refractivity contribution in [3.63, 3.8) is 0 Å². The lowest BCUT2D eigenvalue weighted by Crippen LogP contribution is -2.22. The van der Waals surface area contributed by atoms with Crippen molar-refractivity contribution in [3.8, 4) is 0 Å². The third-order valence-corrected chi connectivity index (χ3v) is 3.53. The molecular formula is C16H21N3O2. The molecule has 1 aromatic carbocycles. The molecule has 112 valence electrons. The standard InChI is InChI=1S/C16H21N3O2/c1-11-4-3-5-15(10-11)18-19-16(21)13-6-8-14(9-7-13)17-12(2)20/h6-9,11H,3-5,10H2,1-2H3,(H,17,20)(H,19,21)/b18-15+/t11-/m0/s1. The smallest absolute Gasteiger partial charge is 0.271 e. The average molecular weight is 287 g/mol. The number of amides is 2. The maximum Gasteiger partial charge on any atom is 0.271 e. The van der Waals surface area contributed by atoms with E-state index in [4.69, 9.17) is 0 Å². The largest absolute Gasteiger partial charge is 0.326 e. The zero-order valence-electron chi connectivity index (χ0n) is 12.5. The normalized spacial score (nSPS) is 20.1. The molecule has 0 radical (unpaired) electrons. The topological polar surface area (TPSA) is 70.6 Å². The molecule has 1 fully saturated rings. The number of hydrogen-bond acceptors (Lipinski definition) is 3. The van der Waals surface area contributed by atoms with E-state index in [9.17, 15) is 9.59 Å². The molecule has 2 rings (SSSR count). The molecule has 1 atom stereocenters.